The minimum atomic E-state index is -0.665. The van der Waals surface area contributed by atoms with Gasteiger partial charge in [-0.1, -0.05) is 74.5 Å². The van der Waals surface area contributed by atoms with Crippen LogP contribution in [0.4, 0.5) is 11.5 Å². The van der Waals surface area contributed by atoms with Crippen LogP contribution in [0.15, 0.2) is 87.3 Å². The molecule has 0 bridgehead atoms. The molecule has 4 rings (SSSR count). The lowest BCUT2D eigenvalue weighted by Crippen LogP contribution is -2.43. The number of amides is 1. The van der Waals surface area contributed by atoms with Crippen molar-refractivity contribution in [2.75, 3.05) is 22.9 Å². The largest absolute Gasteiger partial charge is 0.383 e. The summed E-state index contributed by atoms with van der Waals surface area (Å²) in [6, 6.07) is 23.4. The SMILES string of the molecule is CC(C)CN(C(=O)CSc1ccc2ccccc2c1)c1c(N)n(Cc2ccccc2)c(=O)[nH]c1=O. The summed E-state index contributed by atoms with van der Waals surface area (Å²) < 4.78 is 1.29. The molecule has 8 heteroatoms. The van der Waals surface area contributed by atoms with Crippen LogP contribution < -0.4 is 21.9 Å². The van der Waals surface area contributed by atoms with Crippen LogP contribution in [0.5, 0.6) is 0 Å². The van der Waals surface area contributed by atoms with Crippen molar-refractivity contribution in [1.29, 1.82) is 0 Å². The van der Waals surface area contributed by atoms with Crippen LogP contribution in [0.2, 0.25) is 0 Å². The number of nitrogens with two attached hydrogens (primary N) is 1. The first-order valence-electron chi connectivity index (χ1n) is 11.4. The van der Waals surface area contributed by atoms with Gasteiger partial charge >= 0.3 is 5.69 Å². The summed E-state index contributed by atoms with van der Waals surface area (Å²) in [5.41, 5.74) is 5.95. The van der Waals surface area contributed by atoms with Gasteiger partial charge in [0.05, 0.1) is 12.3 Å². The summed E-state index contributed by atoms with van der Waals surface area (Å²) in [6.45, 7) is 4.40. The highest BCUT2D eigenvalue weighted by Gasteiger charge is 2.25. The minimum Gasteiger partial charge on any atom is -0.383 e. The van der Waals surface area contributed by atoms with Gasteiger partial charge in [-0.15, -0.1) is 11.8 Å². The zero-order valence-corrected chi connectivity index (χ0v) is 20.5. The number of hydrogen-bond donors (Lipinski definition) is 2. The van der Waals surface area contributed by atoms with Crippen LogP contribution in [0.1, 0.15) is 19.4 Å². The van der Waals surface area contributed by atoms with E-state index in [2.05, 4.69) is 4.98 Å². The monoisotopic (exact) mass is 488 g/mol. The van der Waals surface area contributed by atoms with Crippen LogP contribution in [-0.4, -0.2) is 27.8 Å². The van der Waals surface area contributed by atoms with Crippen LogP contribution in [0, 0.1) is 5.92 Å². The van der Waals surface area contributed by atoms with E-state index in [4.69, 9.17) is 5.73 Å². The Morgan fingerprint density at radius 1 is 1.00 bits per heavy atom. The Morgan fingerprint density at radius 3 is 2.40 bits per heavy atom. The van der Waals surface area contributed by atoms with Crippen molar-refractivity contribution < 1.29 is 4.79 Å². The van der Waals surface area contributed by atoms with Crippen molar-refractivity contribution >= 4 is 39.9 Å². The molecule has 1 amide bonds. The number of carbonyl (C=O) groups is 1. The van der Waals surface area contributed by atoms with E-state index >= 15 is 0 Å². The molecule has 0 atom stereocenters. The van der Waals surface area contributed by atoms with Gasteiger partial charge in [-0.05, 0) is 34.4 Å². The lowest BCUT2D eigenvalue weighted by molar-refractivity contribution is -0.116. The van der Waals surface area contributed by atoms with Crippen LogP contribution in [0.3, 0.4) is 0 Å². The van der Waals surface area contributed by atoms with Gasteiger partial charge in [0.15, 0.2) is 5.69 Å². The standard InChI is InChI=1S/C27H28N4O3S/c1-18(2)15-30(23(32)17-35-22-13-12-20-10-6-7-11-21(20)14-22)24-25(28)31(27(34)29-26(24)33)16-19-8-4-3-5-9-19/h3-14,18H,15-17,28H2,1-2H3,(H,29,33,34). The van der Waals surface area contributed by atoms with Crippen molar-refractivity contribution in [3.05, 3.63) is 99.2 Å². The number of anilines is 2. The van der Waals surface area contributed by atoms with Crippen LogP contribution in [0.25, 0.3) is 10.8 Å². The van der Waals surface area contributed by atoms with E-state index in [9.17, 15) is 14.4 Å². The number of aromatic amines is 1. The third kappa shape index (κ3) is 5.66. The Morgan fingerprint density at radius 2 is 1.69 bits per heavy atom. The first kappa shape index (κ1) is 24.3. The van der Waals surface area contributed by atoms with E-state index in [1.807, 2.05) is 86.6 Å². The molecule has 4 aromatic rings. The summed E-state index contributed by atoms with van der Waals surface area (Å²) in [4.78, 5) is 43.5. The quantitative estimate of drug-likeness (QED) is 0.364. The van der Waals surface area contributed by atoms with Gasteiger partial charge in [0.1, 0.15) is 5.82 Å². The third-order valence-electron chi connectivity index (χ3n) is 5.60. The maximum atomic E-state index is 13.4. The number of benzene rings is 3. The molecule has 3 N–H and O–H groups in total. The summed E-state index contributed by atoms with van der Waals surface area (Å²) in [6.07, 6.45) is 0. The minimum absolute atomic E-state index is 0.0124. The maximum absolute atomic E-state index is 13.4. The maximum Gasteiger partial charge on any atom is 0.330 e. The molecule has 0 saturated carbocycles. The van der Waals surface area contributed by atoms with Crippen molar-refractivity contribution in [2.45, 2.75) is 25.3 Å². The normalized spacial score (nSPS) is 11.2. The number of aromatic nitrogens is 2. The number of nitrogens with one attached hydrogen (secondary N) is 1. The van der Waals surface area contributed by atoms with Gasteiger partial charge in [-0.3, -0.25) is 19.1 Å². The zero-order chi connectivity index (χ0) is 24.9. The predicted octanol–water partition coefficient (Wildman–Crippen LogP) is 4.10. The first-order valence-corrected chi connectivity index (χ1v) is 12.4. The topological polar surface area (TPSA) is 101 Å². The van der Waals surface area contributed by atoms with E-state index in [1.165, 1.54) is 21.2 Å². The molecule has 180 valence electrons. The fourth-order valence-corrected chi connectivity index (χ4v) is 4.74. The molecular formula is C27H28N4O3S. The highest BCUT2D eigenvalue weighted by Crippen LogP contribution is 2.26. The molecule has 0 unspecified atom stereocenters. The number of rotatable bonds is 8. The Bertz CT molecular complexity index is 1460. The number of nitrogen functional groups attached to an aromatic ring is 1. The van der Waals surface area contributed by atoms with Gasteiger partial charge in [0.2, 0.25) is 5.91 Å². The average molecular weight is 489 g/mol. The summed E-state index contributed by atoms with van der Waals surface area (Å²) in [7, 11) is 0. The highest BCUT2D eigenvalue weighted by atomic mass is 32.2. The fourth-order valence-electron chi connectivity index (χ4n) is 3.92. The molecule has 0 aliphatic heterocycles. The third-order valence-corrected chi connectivity index (χ3v) is 6.58. The molecule has 0 fully saturated rings. The average Bonchev–Trinajstić information content (AvgIpc) is 2.84. The Kier molecular flexibility index (Phi) is 7.41. The van der Waals surface area contributed by atoms with Gasteiger partial charge in [0, 0.05) is 11.4 Å². The fraction of sp³-hybridized carbons (Fsp3) is 0.222. The van der Waals surface area contributed by atoms with Gasteiger partial charge in [-0.25, -0.2) is 4.79 Å². The van der Waals surface area contributed by atoms with Gasteiger partial charge < -0.3 is 10.6 Å². The number of carbonyl (C=O) groups excluding carboxylic acids is 1. The molecule has 0 saturated heterocycles. The van der Waals surface area contributed by atoms with E-state index in [0.29, 0.717) is 6.54 Å². The van der Waals surface area contributed by atoms with E-state index in [0.717, 1.165) is 21.2 Å². The zero-order valence-electron chi connectivity index (χ0n) is 19.7. The van der Waals surface area contributed by atoms with Crippen LogP contribution >= 0.6 is 11.8 Å². The van der Waals surface area contributed by atoms with Crippen molar-refractivity contribution in [2.24, 2.45) is 5.92 Å². The Labute approximate surface area is 207 Å². The predicted molar refractivity (Wildman–Crippen MR) is 143 cm³/mol. The molecule has 7 nitrogen and oxygen atoms in total. The summed E-state index contributed by atoms with van der Waals surface area (Å²) in [5, 5.41) is 2.22. The molecular weight excluding hydrogens is 460 g/mol. The van der Waals surface area contributed by atoms with E-state index in [-0.39, 0.29) is 35.6 Å². The lowest BCUT2D eigenvalue weighted by atomic mass is 10.1. The van der Waals surface area contributed by atoms with Gasteiger partial charge in [-0.2, -0.15) is 0 Å². The van der Waals surface area contributed by atoms with Crippen molar-refractivity contribution in [3.63, 3.8) is 0 Å². The molecule has 35 heavy (non-hydrogen) atoms. The van der Waals surface area contributed by atoms with Crippen molar-refractivity contribution in [3.8, 4) is 0 Å². The van der Waals surface area contributed by atoms with E-state index < -0.39 is 11.2 Å². The van der Waals surface area contributed by atoms with Gasteiger partial charge in [0.25, 0.3) is 5.56 Å². The second-order valence-electron chi connectivity index (χ2n) is 8.76. The number of thioether (sulfide) groups is 1. The molecule has 3 aromatic carbocycles. The summed E-state index contributed by atoms with van der Waals surface area (Å²) in [5.74, 6) is -0.0638. The highest BCUT2D eigenvalue weighted by molar-refractivity contribution is 8.00. The number of nitrogens with zero attached hydrogens (tertiary/aromatic N) is 2. The molecule has 0 spiro atoms. The second kappa shape index (κ2) is 10.7. The summed E-state index contributed by atoms with van der Waals surface area (Å²) >= 11 is 1.40. The number of H-pyrrole nitrogens is 1. The number of fused-ring (bicyclic) bond motifs is 1. The molecule has 1 heterocycles. The molecule has 0 aliphatic rings. The molecule has 1 aromatic heterocycles. The molecule has 0 radical (unpaired) electrons. The number of hydrogen-bond acceptors (Lipinski definition) is 5. The van der Waals surface area contributed by atoms with Crippen LogP contribution in [-0.2, 0) is 11.3 Å². The first-order chi connectivity index (χ1) is 16.8. The van der Waals surface area contributed by atoms with Crippen molar-refractivity contribution in [1.82, 2.24) is 9.55 Å². The van der Waals surface area contributed by atoms with E-state index in [1.54, 1.807) is 0 Å². The Hall–Kier alpha value is -3.78. The lowest BCUT2D eigenvalue weighted by Gasteiger charge is -2.26. The second-order valence-corrected chi connectivity index (χ2v) is 9.81. The Balaban J connectivity index is 1.64. The smallest absolute Gasteiger partial charge is 0.330 e. The molecule has 0 aliphatic carbocycles.